The summed E-state index contributed by atoms with van der Waals surface area (Å²) in [7, 11) is 0. The minimum atomic E-state index is -0.421. The SMILES string of the molecule is C1=CC(c2ccccc2)CC=C1N(c1ccccc1)c1ccc2c(c1)C1(c3ccccc3-2)c2ccccc2-c2c1ccc1c2sc2ccccc21. The molecule has 0 aliphatic heterocycles. The normalized spacial score (nSPS) is 18.0. The first-order chi connectivity index (χ1) is 25.3. The molecule has 11 rings (SSSR count). The molecule has 0 N–H and O–H groups in total. The van der Waals surface area contributed by atoms with Crippen LogP contribution < -0.4 is 4.90 Å². The summed E-state index contributed by atoms with van der Waals surface area (Å²) < 4.78 is 2.73. The largest absolute Gasteiger partial charge is 0.311 e. The molecule has 7 aromatic carbocycles. The predicted molar refractivity (Wildman–Crippen MR) is 215 cm³/mol. The number of benzene rings is 7. The molecule has 3 aliphatic rings. The van der Waals surface area contributed by atoms with Gasteiger partial charge in [0.25, 0.3) is 0 Å². The lowest BCUT2D eigenvalue weighted by Gasteiger charge is -2.33. The first kappa shape index (κ1) is 28.8. The third-order valence-corrected chi connectivity index (χ3v) is 12.6. The second kappa shape index (κ2) is 11.0. The van der Waals surface area contributed by atoms with Crippen LogP contribution in [0.1, 0.15) is 40.2 Å². The number of hydrogen-bond donors (Lipinski definition) is 0. The Morgan fingerprint density at radius 3 is 2.02 bits per heavy atom. The van der Waals surface area contributed by atoms with Gasteiger partial charge in [0.05, 0.1) is 5.41 Å². The van der Waals surface area contributed by atoms with Gasteiger partial charge in [-0.1, -0.05) is 146 Å². The van der Waals surface area contributed by atoms with E-state index in [1.165, 1.54) is 81.6 Å². The zero-order valence-electron chi connectivity index (χ0n) is 28.0. The third-order valence-electron chi connectivity index (χ3n) is 11.4. The maximum atomic E-state index is 2.50. The standard InChI is InChI=1S/C49H33NS/c1-3-13-32(14-4-1)33-23-25-35(26-24-33)50(34-15-5-2-6-16-34)36-27-28-38-37-17-7-10-20-42(37)49(45(38)31-36)43-21-11-8-19-41(43)47-44(49)30-29-40-39-18-9-12-22-46(39)51-48(40)47/h1-23,25-31,33H,24H2. The monoisotopic (exact) mass is 667 g/mol. The average Bonchev–Trinajstić information content (AvgIpc) is 3.83. The lowest BCUT2D eigenvalue weighted by atomic mass is 9.70. The van der Waals surface area contributed by atoms with Gasteiger partial charge in [0, 0.05) is 48.7 Å². The molecule has 1 heterocycles. The Kier molecular flexibility index (Phi) is 6.23. The van der Waals surface area contributed by atoms with Crippen molar-refractivity contribution in [3.63, 3.8) is 0 Å². The van der Waals surface area contributed by atoms with Crippen molar-refractivity contribution in [1.82, 2.24) is 0 Å². The summed E-state index contributed by atoms with van der Waals surface area (Å²) in [4.78, 5) is 2.45. The average molecular weight is 668 g/mol. The van der Waals surface area contributed by atoms with Crippen LogP contribution in [-0.2, 0) is 5.41 Å². The molecule has 1 spiro atoms. The Hall–Kier alpha value is -5.96. The number of thiophene rings is 1. The Morgan fingerprint density at radius 1 is 0.529 bits per heavy atom. The van der Waals surface area contributed by atoms with E-state index in [4.69, 9.17) is 0 Å². The molecule has 2 heteroatoms. The summed E-state index contributed by atoms with van der Waals surface area (Å²) in [6, 6.07) is 61.0. The van der Waals surface area contributed by atoms with E-state index >= 15 is 0 Å². The van der Waals surface area contributed by atoms with Gasteiger partial charge in [-0.2, -0.15) is 0 Å². The Balaban J connectivity index is 1.15. The quantitative estimate of drug-likeness (QED) is 0.181. The molecule has 8 aromatic rings. The van der Waals surface area contributed by atoms with E-state index < -0.39 is 5.41 Å². The molecule has 0 saturated carbocycles. The van der Waals surface area contributed by atoms with Crippen molar-refractivity contribution in [3.05, 3.63) is 216 Å². The van der Waals surface area contributed by atoms with E-state index in [0.717, 1.165) is 12.1 Å². The number of para-hydroxylation sites is 1. The first-order valence-electron chi connectivity index (χ1n) is 17.9. The fourth-order valence-electron chi connectivity index (χ4n) is 9.28. The summed E-state index contributed by atoms with van der Waals surface area (Å²) >= 11 is 1.93. The fraction of sp³-hybridized carbons (Fsp3) is 0.0612. The van der Waals surface area contributed by atoms with Gasteiger partial charge in [0.2, 0.25) is 0 Å². The first-order valence-corrected chi connectivity index (χ1v) is 18.7. The molecular formula is C49H33NS. The summed E-state index contributed by atoms with van der Waals surface area (Å²) in [5.74, 6) is 0.377. The summed E-state index contributed by atoms with van der Waals surface area (Å²) in [6.07, 6.45) is 8.08. The number of allylic oxidation sites excluding steroid dienone is 3. The Labute approximate surface area is 302 Å². The minimum Gasteiger partial charge on any atom is -0.311 e. The smallest absolute Gasteiger partial charge is 0.0726 e. The van der Waals surface area contributed by atoms with Crippen LogP contribution in [0.15, 0.2) is 188 Å². The van der Waals surface area contributed by atoms with Gasteiger partial charge in [-0.15, -0.1) is 11.3 Å². The van der Waals surface area contributed by atoms with Crippen molar-refractivity contribution in [2.45, 2.75) is 17.8 Å². The van der Waals surface area contributed by atoms with Gasteiger partial charge in [0.1, 0.15) is 0 Å². The van der Waals surface area contributed by atoms with Gasteiger partial charge >= 0.3 is 0 Å². The predicted octanol–water partition coefficient (Wildman–Crippen LogP) is 13.2. The Morgan fingerprint density at radius 2 is 1.22 bits per heavy atom. The number of rotatable bonds is 4. The van der Waals surface area contributed by atoms with Crippen LogP contribution >= 0.6 is 11.3 Å². The molecule has 3 aliphatic carbocycles. The van der Waals surface area contributed by atoms with Crippen LogP contribution in [-0.4, -0.2) is 0 Å². The van der Waals surface area contributed by atoms with E-state index in [2.05, 4.69) is 187 Å². The number of hydrogen-bond acceptors (Lipinski definition) is 2. The summed E-state index contributed by atoms with van der Waals surface area (Å²) in [5.41, 5.74) is 15.4. The maximum absolute atomic E-state index is 2.50. The van der Waals surface area contributed by atoms with E-state index in [-0.39, 0.29) is 0 Å². The van der Waals surface area contributed by atoms with Crippen molar-refractivity contribution in [3.8, 4) is 22.3 Å². The lowest BCUT2D eigenvalue weighted by Crippen LogP contribution is -2.26. The van der Waals surface area contributed by atoms with Gasteiger partial charge in [-0.3, -0.25) is 0 Å². The van der Waals surface area contributed by atoms with E-state index in [1.807, 2.05) is 11.3 Å². The van der Waals surface area contributed by atoms with E-state index in [0.29, 0.717) is 5.92 Å². The molecule has 1 nitrogen and oxygen atoms in total. The number of nitrogens with zero attached hydrogens (tertiary/aromatic N) is 1. The van der Waals surface area contributed by atoms with Crippen molar-refractivity contribution < 1.29 is 0 Å². The molecule has 0 fully saturated rings. The molecule has 0 saturated heterocycles. The highest BCUT2D eigenvalue weighted by Gasteiger charge is 2.52. The summed E-state index contributed by atoms with van der Waals surface area (Å²) in [5, 5.41) is 2.69. The third kappa shape index (κ3) is 4.03. The van der Waals surface area contributed by atoms with Crippen LogP contribution in [0.5, 0.6) is 0 Å². The van der Waals surface area contributed by atoms with Crippen LogP contribution in [0.3, 0.4) is 0 Å². The number of fused-ring (bicyclic) bond motifs is 14. The zero-order valence-corrected chi connectivity index (χ0v) is 28.8. The van der Waals surface area contributed by atoms with Crippen LogP contribution in [0, 0.1) is 0 Å². The number of anilines is 2. The second-order valence-electron chi connectivity index (χ2n) is 13.9. The molecular weight excluding hydrogens is 635 g/mol. The van der Waals surface area contributed by atoms with E-state index in [1.54, 1.807) is 0 Å². The summed E-state index contributed by atoms with van der Waals surface area (Å²) in [6.45, 7) is 0. The Bertz CT molecular complexity index is 2730. The van der Waals surface area contributed by atoms with Crippen molar-refractivity contribution in [1.29, 1.82) is 0 Å². The second-order valence-corrected chi connectivity index (χ2v) is 15.0. The fourth-order valence-corrected chi connectivity index (χ4v) is 10.5. The van der Waals surface area contributed by atoms with Gasteiger partial charge < -0.3 is 4.90 Å². The highest BCUT2D eigenvalue weighted by molar-refractivity contribution is 7.26. The molecule has 0 bridgehead atoms. The molecule has 1 aromatic heterocycles. The maximum Gasteiger partial charge on any atom is 0.0726 e. The van der Waals surface area contributed by atoms with Crippen LogP contribution in [0.25, 0.3) is 42.4 Å². The molecule has 240 valence electrons. The molecule has 0 amide bonds. The topological polar surface area (TPSA) is 3.24 Å². The van der Waals surface area contributed by atoms with Crippen LogP contribution in [0.2, 0.25) is 0 Å². The highest BCUT2D eigenvalue weighted by atomic mass is 32.1. The van der Waals surface area contributed by atoms with Crippen molar-refractivity contribution >= 4 is 42.9 Å². The van der Waals surface area contributed by atoms with Crippen LogP contribution in [0.4, 0.5) is 11.4 Å². The molecule has 2 atom stereocenters. The molecule has 51 heavy (non-hydrogen) atoms. The highest BCUT2D eigenvalue weighted by Crippen LogP contribution is 2.65. The van der Waals surface area contributed by atoms with Gasteiger partial charge in [-0.25, -0.2) is 0 Å². The lowest BCUT2D eigenvalue weighted by molar-refractivity contribution is 0.794. The van der Waals surface area contributed by atoms with E-state index in [9.17, 15) is 0 Å². The minimum absolute atomic E-state index is 0.377. The molecule has 0 radical (unpaired) electrons. The zero-order chi connectivity index (χ0) is 33.5. The van der Waals surface area contributed by atoms with Gasteiger partial charge in [0.15, 0.2) is 0 Å². The van der Waals surface area contributed by atoms with Crippen molar-refractivity contribution in [2.24, 2.45) is 0 Å². The van der Waals surface area contributed by atoms with Gasteiger partial charge in [-0.05, 0) is 87.3 Å². The van der Waals surface area contributed by atoms with Crippen molar-refractivity contribution in [2.75, 3.05) is 4.90 Å². The molecule has 2 unspecified atom stereocenters.